The first-order chi connectivity index (χ1) is 16.1. The molecule has 2 heteroatoms. The van der Waals surface area contributed by atoms with Crippen LogP contribution in [-0.4, -0.2) is 9.55 Å². The molecule has 34 heavy (non-hydrogen) atoms. The van der Waals surface area contributed by atoms with Crippen LogP contribution in [0.4, 0.5) is 0 Å². The number of aromatic nitrogens is 2. The lowest BCUT2D eigenvalue weighted by Crippen LogP contribution is -2.10. The van der Waals surface area contributed by atoms with Gasteiger partial charge in [-0.3, -0.25) is 0 Å². The van der Waals surface area contributed by atoms with E-state index in [9.17, 15) is 0 Å². The maximum atomic E-state index is 3.69. The number of nitrogens with zero attached hydrogens (tertiary/aromatic N) is 1. The maximum absolute atomic E-state index is 3.69. The third-order valence-corrected chi connectivity index (χ3v) is 7.23. The van der Waals surface area contributed by atoms with Gasteiger partial charge in [0, 0.05) is 38.3 Å². The molecule has 170 valence electrons. The molecule has 4 aromatic carbocycles. The van der Waals surface area contributed by atoms with Crippen molar-refractivity contribution in [1.29, 1.82) is 0 Å². The summed E-state index contributed by atoms with van der Waals surface area (Å²) in [5, 5.41) is 5.22. The van der Waals surface area contributed by atoms with Crippen molar-refractivity contribution in [2.75, 3.05) is 0 Å². The van der Waals surface area contributed by atoms with Gasteiger partial charge in [-0.1, -0.05) is 77.9 Å². The molecular formula is C32H32N2. The SMILES string of the molecule is CC(C)(C)c1ccc2[nH]c3ccc4c5cc(C(C)(C)C)ccc5n(-c5ccccc5)c4c3c2c1. The van der Waals surface area contributed by atoms with Crippen molar-refractivity contribution in [3.8, 4) is 5.69 Å². The Labute approximate surface area is 201 Å². The highest BCUT2D eigenvalue weighted by Crippen LogP contribution is 2.41. The highest BCUT2D eigenvalue weighted by Gasteiger charge is 2.22. The number of hydrogen-bond donors (Lipinski definition) is 1. The third kappa shape index (κ3) is 3.09. The van der Waals surface area contributed by atoms with E-state index in [1.54, 1.807) is 0 Å². The van der Waals surface area contributed by atoms with Crippen LogP contribution in [0.5, 0.6) is 0 Å². The van der Waals surface area contributed by atoms with E-state index in [1.165, 1.54) is 60.4 Å². The minimum absolute atomic E-state index is 0.0967. The van der Waals surface area contributed by atoms with Crippen LogP contribution in [0.15, 0.2) is 78.9 Å². The van der Waals surface area contributed by atoms with Crippen LogP contribution in [0.25, 0.3) is 49.3 Å². The first kappa shape index (κ1) is 21.0. The second-order valence-electron chi connectivity index (χ2n) is 11.7. The largest absolute Gasteiger partial charge is 0.354 e. The summed E-state index contributed by atoms with van der Waals surface area (Å²) >= 11 is 0. The summed E-state index contributed by atoms with van der Waals surface area (Å²) in [5.74, 6) is 0. The minimum atomic E-state index is 0.0967. The average Bonchev–Trinajstić information content (AvgIpc) is 3.33. The van der Waals surface area contributed by atoms with Crippen LogP contribution in [-0.2, 0) is 10.8 Å². The van der Waals surface area contributed by atoms with Gasteiger partial charge >= 0.3 is 0 Å². The Balaban J connectivity index is 1.84. The average molecular weight is 445 g/mol. The van der Waals surface area contributed by atoms with E-state index in [0.717, 1.165) is 0 Å². The summed E-state index contributed by atoms with van der Waals surface area (Å²) in [5.41, 5.74) is 9.02. The standard InChI is InChI=1S/C32H32N2/c1-31(2,3)20-12-15-26-25(19-20)29-27(33-26)16-14-23-24-18-21(32(4,5)6)13-17-28(24)34(30(23)29)22-10-8-7-9-11-22/h7-19,33H,1-6H3. The van der Waals surface area contributed by atoms with Gasteiger partial charge in [0.2, 0.25) is 0 Å². The Kier molecular flexibility index (Phi) is 4.33. The molecule has 0 aliphatic heterocycles. The molecular weight excluding hydrogens is 412 g/mol. The van der Waals surface area contributed by atoms with Crippen LogP contribution < -0.4 is 0 Å². The van der Waals surface area contributed by atoms with E-state index in [1.807, 2.05) is 0 Å². The Morgan fingerprint density at radius 2 is 1.21 bits per heavy atom. The van der Waals surface area contributed by atoms with Crippen molar-refractivity contribution in [3.63, 3.8) is 0 Å². The van der Waals surface area contributed by atoms with Gasteiger partial charge in [-0.05, 0) is 64.4 Å². The molecule has 0 saturated heterocycles. The predicted molar refractivity (Wildman–Crippen MR) is 148 cm³/mol. The summed E-state index contributed by atoms with van der Waals surface area (Å²) in [6, 6.07) is 29.2. The lowest BCUT2D eigenvalue weighted by molar-refractivity contribution is 0.591. The highest BCUT2D eigenvalue weighted by atomic mass is 15.0. The summed E-state index contributed by atoms with van der Waals surface area (Å²) in [6.45, 7) is 13.7. The number of nitrogens with one attached hydrogen (secondary N) is 1. The quantitative estimate of drug-likeness (QED) is 0.261. The molecule has 0 aliphatic rings. The molecule has 1 N–H and O–H groups in total. The normalized spacial score (nSPS) is 13.0. The molecule has 0 fully saturated rings. The second-order valence-corrected chi connectivity index (χ2v) is 11.7. The highest BCUT2D eigenvalue weighted by molar-refractivity contribution is 6.25. The zero-order chi connectivity index (χ0) is 23.8. The molecule has 6 aromatic rings. The minimum Gasteiger partial charge on any atom is -0.354 e. The van der Waals surface area contributed by atoms with Crippen LogP contribution in [0.1, 0.15) is 52.7 Å². The number of aromatic amines is 1. The van der Waals surface area contributed by atoms with E-state index < -0.39 is 0 Å². The number of hydrogen-bond acceptors (Lipinski definition) is 0. The van der Waals surface area contributed by atoms with Crippen molar-refractivity contribution in [3.05, 3.63) is 90.0 Å². The lowest BCUT2D eigenvalue weighted by atomic mass is 9.86. The summed E-state index contributed by atoms with van der Waals surface area (Å²) in [7, 11) is 0. The van der Waals surface area contributed by atoms with E-state index in [-0.39, 0.29) is 10.8 Å². The number of H-pyrrole nitrogens is 1. The Morgan fingerprint density at radius 3 is 1.88 bits per heavy atom. The zero-order valence-corrected chi connectivity index (χ0v) is 21.0. The van der Waals surface area contributed by atoms with E-state index in [4.69, 9.17) is 0 Å². The fourth-order valence-electron chi connectivity index (χ4n) is 5.27. The van der Waals surface area contributed by atoms with Gasteiger partial charge in [0.1, 0.15) is 0 Å². The fraction of sp³-hybridized carbons (Fsp3) is 0.250. The maximum Gasteiger partial charge on any atom is 0.0641 e. The van der Waals surface area contributed by atoms with Crippen LogP contribution >= 0.6 is 0 Å². The Hall–Kier alpha value is -3.52. The third-order valence-electron chi connectivity index (χ3n) is 7.23. The van der Waals surface area contributed by atoms with Gasteiger partial charge in [0.15, 0.2) is 0 Å². The Bertz CT molecular complexity index is 1700. The summed E-state index contributed by atoms with van der Waals surface area (Å²) in [6.07, 6.45) is 0. The fourth-order valence-corrected chi connectivity index (χ4v) is 5.27. The zero-order valence-electron chi connectivity index (χ0n) is 21.0. The van der Waals surface area contributed by atoms with Crippen LogP contribution in [0, 0.1) is 0 Å². The van der Waals surface area contributed by atoms with E-state index >= 15 is 0 Å². The van der Waals surface area contributed by atoms with Crippen molar-refractivity contribution in [2.24, 2.45) is 0 Å². The predicted octanol–water partition coefficient (Wildman–Crippen LogP) is 9.01. The van der Waals surface area contributed by atoms with Crippen LogP contribution in [0.3, 0.4) is 0 Å². The van der Waals surface area contributed by atoms with Gasteiger partial charge in [-0.25, -0.2) is 0 Å². The molecule has 0 aliphatic carbocycles. The van der Waals surface area contributed by atoms with Gasteiger partial charge in [0.25, 0.3) is 0 Å². The molecule has 0 amide bonds. The number of benzene rings is 4. The molecule has 0 unspecified atom stereocenters. The lowest BCUT2D eigenvalue weighted by Gasteiger charge is -2.19. The molecule has 6 rings (SSSR count). The number of para-hydroxylation sites is 1. The molecule has 2 aromatic heterocycles. The molecule has 0 bridgehead atoms. The summed E-state index contributed by atoms with van der Waals surface area (Å²) in [4.78, 5) is 3.69. The number of rotatable bonds is 1. The van der Waals surface area contributed by atoms with Gasteiger partial charge in [-0.15, -0.1) is 0 Å². The molecule has 2 heterocycles. The molecule has 2 nitrogen and oxygen atoms in total. The van der Waals surface area contributed by atoms with Crippen molar-refractivity contribution in [2.45, 2.75) is 52.4 Å². The van der Waals surface area contributed by atoms with Crippen molar-refractivity contribution < 1.29 is 0 Å². The van der Waals surface area contributed by atoms with Gasteiger partial charge in [0.05, 0.1) is 11.0 Å². The number of fused-ring (bicyclic) bond motifs is 7. The van der Waals surface area contributed by atoms with Crippen molar-refractivity contribution >= 4 is 43.6 Å². The monoisotopic (exact) mass is 444 g/mol. The van der Waals surface area contributed by atoms with Gasteiger partial charge < -0.3 is 9.55 Å². The molecule has 0 saturated carbocycles. The molecule has 0 spiro atoms. The van der Waals surface area contributed by atoms with Crippen LogP contribution in [0.2, 0.25) is 0 Å². The Morgan fingerprint density at radius 1 is 0.588 bits per heavy atom. The van der Waals surface area contributed by atoms with Gasteiger partial charge in [-0.2, -0.15) is 0 Å². The first-order valence-corrected chi connectivity index (χ1v) is 12.2. The van der Waals surface area contributed by atoms with E-state index in [2.05, 4.69) is 130 Å². The molecule has 0 radical (unpaired) electrons. The smallest absolute Gasteiger partial charge is 0.0641 e. The van der Waals surface area contributed by atoms with Crippen molar-refractivity contribution in [1.82, 2.24) is 9.55 Å². The van der Waals surface area contributed by atoms with E-state index in [0.29, 0.717) is 0 Å². The molecule has 0 atom stereocenters. The topological polar surface area (TPSA) is 20.7 Å². The first-order valence-electron chi connectivity index (χ1n) is 12.2. The summed E-state index contributed by atoms with van der Waals surface area (Å²) < 4.78 is 2.45. The second kappa shape index (κ2) is 6.99.